The predicted molar refractivity (Wildman–Crippen MR) is 113 cm³/mol. The van der Waals surface area contributed by atoms with Crippen molar-refractivity contribution in [2.45, 2.75) is 63.8 Å². The Labute approximate surface area is 182 Å². The first-order chi connectivity index (χ1) is 14.4. The highest BCUT2D eigenvalue weighted by Crippen LogP contribution is 2.70. The molecule has 4 rings (SSSR count). The fourth-order valence-electron chi connectivity index (χ4n) is 7.26. The Morgan fingerprint density at radius 1 is 1.35 bits per heavy atom. The molecule has 174 valence electrons. The number of fused-ring (bicyclic) bond motifs is 5. The maximum absolute atomic E-state index is 16.9. The molecule has 0 bridgehead atoms. The standard InChI is InChI=1S/C22H29FO5.CH6N2/c1-12-8-16-15-5-4-13-9-14(25)6-7-19(13,2)21(15,23)17(26)10-20(16,3)22(12,28)18(27)11-24;1-3-2/h6-7,9,12,15-17,24,26,28H,4-5,8,10-11H2,1-3H3;3H,2H2,1H3/t12-,15+,16+,17+,19+,20+,21+,22+;/m1./s1. The normalized spacial score (nSPS) is 48.0. The van der Waals surface area contributed by atoms with Gasteiger partial charge in [0.25, 0.3) is 0 Å². The number of hydrazine groups is 1. The van der Waals surface area contributed by atoms with Crippen LogP contribution in [-0.4, -0.2) is 57.9 Å². The maximum atomic E-state index is 16.9. The van der Waals surface area contributed by atoms with Crippen molar-refractivity contribution >= 4 is 11.6 Å². The molecule has 0 aromatic rings. The van der Waals surface area contributed by atoms with Gasteiger partial charge in [-0.15, -0.1) is 0 Å². The Balaban J connectivity index is 0.000000858. The Morgan fingerprint density at radius 2 is 1.97 bits per heavy atom. The lowest BCUT2D eigenvalue weighted by Gasteiger charge is -2.62. The van der Waals surface area contributed by atoms with Gasteiger partial charge in [-0.25, -0.2) is 4.39 Å². The molecule has 3 fully saturated rings. The number of nitrogens with one attached hydrogen (secondary N) is 1. The molecule has 0 amide bonds. The van der Waals surface area contributed by atoms with Crippen LogP contribution < -0.4 is 11.3 Å². The smallest absolute Gasteiger partial charge is 0.190 e. The van der Waals surface area contributed by atoms with E-state index in [1.807, 2.05) is 0 Å². The van der Waals surface area contributed by atoms with Gasteiger partial charge in [-0.3, -0.25) is 20.9 Å². The second-order valence-corrected chi connectivity index (χ2v) is 10.0. The van der Waals surface area contributed by atoms with E-state index in [0.717, 1.165) is 0 Å². The highest BCUT2D eigenvalue weighted by molar-refractivity contribution is 6.01. The van der Waals surface area contributed by atoms with Crippen molar-refractivity contribution in [1.29, 1.82) is 0 Å². The van der Waals surface area contributed by atoms with E-state index < -0.39 is 52.4 Å². The molecule has 7 nitrogen and oxygen atoms in total. The molecule has 8 atom stereocenters. The molecular weight excluding hydrogens is 403 g/mol. The number of carbonyl (C=O) groups is 2. The Kier molecular flexibility index (Phi) is 6.13. The van der Waals surface area contributed by atoms with Crippen LogP contribution in [0.25, 0.3) is 0 Å². The summed E-state index contributed by atoms with van der Waals surface area (Å²) in [5.74, 6) is 2.48. The summed E-state index contributed by atoms with van der Waals surface area (Å²) in [6, 6.07) is 0. The molecule has 4 aliphatic rings. The number of alkyl halides is 1. The van der Waals surface area contributed by atoms with E-state index in [9.17, 15) is 24.9 Å². The van der Waals surface area contributed by atoms with Gasteiger partial charge in [-0.05, 0) is 63.6 Å². The second kappa shape index (κ2) is 7.85. The third kappa shape index (κ3) is 2.95. The van der Waals surface area contributed by atoms with Gasteiger partial charge in [-0.1, -0.05) is 25.5 Å². The lowest BCUT2D eigenvalue weighted by Crippen LogP contribution is -2.69. The molecule has 31 heavy (non-hydrogen) atoms. The Bertz CT molecular complexity index is 831. The van der Waals surface area contributed by atoms with Crippen molar-refractivity contribution in [3.8, 4) is 0 Å². The summed E-state index contributed by atoms with van der Waals surface area (Å²) in [7, 11) is 1.65. The summed E-state index contributed by atoms with van der Waals surface area (Å²) in [6.45, 7) is 4.48. The molecule has 0 saturated heterocycles. The van der Waals surface area contributed by atoms with Crippen LogP contribution in [0, 0.1) is 28.6 Å². The third-order valence-electron chi connectivity index (χ3n) is 8.79. The molecule has 0 aromatic heterocycles. The number of hydrogen-bond acceptors (Lipinski definition) is 7. The van der Waals surface area contributed by atoms with Crippen LogP contribution in [0.5, 0.6) is 0 Å². The minimum atomic E-state index is -1.98. The average molecular weight is 439 g/mol. The van der Waals surface area contributed by atoms with Gasteiger partial charge in [0.15, 0.2) is 17.2 Å². The van der Waals surface area contributed by atoms with Crippen LogP contribution in [0.15, 0.2) is 23.8 Å². The zero-order valence-electron chi connectivity index (χ0n) is 18.7. The lowest BCUT2D eigenvalue weighted by atomic mass is 9.44. The van der Waals surface area contributed by atoms with E-state index in [2.05, 4.69) is 11.3 Å². The number of nitrogens with two attached hydrogens (primary N) is 1. The first kappa shape index (κ1) is 24.2. The zero-order valence-corrected chi connectivity index (χ0v) is 18.7. The maximum Gasteiger partial charge on any atom is 0.190 e. The molecule has 0 unspecified atom stereocenters. The molecule has 0 aromatic carbocycles. The second-order valence-electron chi connectivity index (χ2n) is 10.0. The van der Waals surface area contributed by atoms with Crippen LogP contribution in [0.2, 0.25) is 0 Å². The molecule has 0 aliphatic heterocycles. The number of allylic oxidation sites excluding steroid dienone is 4. The summed E-state index contributed by atoms with van der Waals surface area (Å²) >= 11 is 0. The predicted octanol–water partition coefficient (Wildman–Crippen LogP) is 0.975. The van der Waals surface area contributed by atoms with Crippen molar-refractivity contribution in [3.63, 3.8) is 0 Å². The number of aliphatic hydroxyl groups excluding tert-OH is 2. The van der Waals surface area contributed by atoms with Crippen LogP contribution >= 0.6 is 0 Å². The number of aliphatic hydroxyl groups is 3. The van der Waals surface area contributed by atoms with Crippen LogP contribution in [0.3, 0.4) is 0 Å². The third-order valence-corrected chi connectivity index (χ3v) is 8.79. The van der Waals surface area contributed by atoms with Crippen LogP contribution in [0.1, 0.15) is 46.5 Å². The quantitative estimate of drug-likeness (QED) is 0.321. The lowest BCUT2D eigenvalue weighted by molar-refractivity contribution is -0.219. The summed E-state index contributed by atoms with van der Waals surface area (Å²) < 4.78 is 16.9. The highest BCUT2D eigenvalue weighted by Gasteiger charge is 2.75. The van der Waals surface area contributed by atoms with Gasteiger partial charge in [0, 0.05) is 16.7 Å². The van der Waals surface area contributed by atoms with E-state index in [1.165, 1.54) is 12.2 Å². The zero-order chi connectivity index (χ0) is 23.4. The average Bonchev–Trinajstić information content (AvgIpc) is 2.91. The van der Waals surface area contributed by atoms with Gasteiger partial charge in [0.1, 0.15) is 12.2 Å². The molecule has 4 aliphatic carbocycles. The summed E-state index contributed by atoms with van der Waals surface area (Å²) in [6.07, 6.45) is 4.44. The Morgan fingerprint density at radius 3 is 2.55 bits per heavy atom. The molecule has 0 radical (unpaired) electrons. The minimum Gasteiger partial charge on any atom is -0.390 e. The van der Waals surface area contributed by atoms with Crippen molar-refractivity contribution in [1.82, 2.24) is 5.43 Å². The van der Waals surface area contributed by atoms with Gasteiger partial charge < -0.3 is 15.3 Å². The Hall–Kier alpha value is -1.45. The van der Waals surface area contributed by atoms with Crippen LogP contribution in [-0.2, 0) is 9.59 Å². The summed E-state index contributed by atoms with van der Waals surface area (Å²) in [5, 5.41) is 32.0. The number of Topliss-reactive ketones (excluding diaryl/α,β-unsaturated/α-hetero) is 1. The van der Waals surface area contributed by atoms with E-state index in [-0.39, 0.29) is 18.1 Å². The van der Waals surface area contributed by atoms with E-state index in [4.69, 9.17) is 0 Å². The van der Waals surface area contributed by atoms with E-state index >= 15 is 4.39 Å². The van der Waals surface area contributed by atoms with Crippen molar-refractivity contribution in [2.75, 3.05) is 13.7 Å². The largest absolute Gasteiger partial charge is 0.390 e. The fourth-order valence-corrected chi connectivity index (χ4v) is 7.26. The van der Waals surface area contributed by atoms with E-state index in [0.29, 0.717) is 24.8 Å². The fraction of sp³-hybridized carbons (Fsp3) is 0.739. The number of hydrogen-bond donors (Lipinski definition) is 5. The molecule has 8 heteroatoms. The number of carbonyl (C=O) groups excluding carboxylic acids is 2. The number of ketones is 2. The minimum absolute atomic E-state index is 0.0676. The van der Waals surface area contributed by atoms with Crippen LogP contribution in [0.4, 0.5) is 4.39 Å². The van der Waals surface area contributed by atoms with Gasteiger partial charge in [0.2, 0.25) is 0 Å². The molecule has 0 spiro atoms. The van der Waals surface area contributed by atoms with Gasteiger partial charge in [0.05, 0.1) is 6.10 Å². The highest BCUT2D eigenvalue weighted by atomic mass is 19.1. The van der Waals surface area contributed by atoms with Gasteiger partial charge in [-0.2, -0.15) is 0 Å². The molecule has 3 saturated carbocycles. The van der Waals surface area contributed by atoms with E-state index in [1.54, 1.807) is 33.9 Å². The van der Waals surface area contributed by atoms with Crippen molar-refractivity contribution in [3.05, 3.63) is 23.8 Å². The topological polar surface area (TPSA) is 133 Å². The SMILES string of the molecule is CNN.C[C@@H]1C[C@H]2[C@@H]3CCC4=CC(=O)C=C[C@]4(C)[C@@]3(F)[C@@H](O)C[C@]2(C)[C@@]1(O)C(=O)CO. The number of halogens is 1. The molecule has 0 heterocycles. The summed E-state index contributed by atoms with van der Waals surface area (Å²) in [4.78, 5) is 24.4. The number of rotatable bonds is 2. The molecule has 6 N–H and O–H groups in total. The first-order valence-corrected chi connectivity index (χ1v) is 10.9. The molecular formula is C23H35FN2O5. The first-order valence-electron chi connectivity index (χ1n) is 10.9. The van der Waals surface area contributed by atoms with Crippen molar-refractivity contribution in [2.24, 2.45) is 34.4 Å². The monoisotopic (exact) mass is 438 g/mol. The van der Waals surface area contributed by atoms with Gasteiger partial charge >= 0.3 is 0 Å². The van der Waals surface area contributed by atoms with Crippen molar-refractivity contribution < 1.29 is 29.3 Å². The summed E-state index contributed by atoms with van der Waals surface area (Å²) in [5.41, 5.74) is -2.92.